The van der Waals surface area contributed by atoms with E-state index in [1.165, 1.54) is 0 Å². The molecule has 0 rings (SSSR count). The Morgan fingerprint density at radius 2 is 0.833 bits per heavy atom. The van der Waals surface area contributed by atoms with Gasteiger partial charge in [0.2, 0.25) is 0 Å². The number of aliphatic hydroxyl groups is 6. The van der Waals surface area contributed by atoms with E-state index in [1.54, 1.807) is 0 Å². The van der Waals surface area contributed by atoms with E-state index < -0.39 is 48.3 Å². The Kier molecular flexibility index (Phi) is 20.1. The second-order valence-corrected chi connectivity index (χ2v) is 5.91. The van der Waals surface area contributed by atoms with Crippen LogP contribution < -0.4 is 0 Å². The Balaban J connectivity index is -0.000000364. The van der Waals surface area contributed by atoms with Gasteiger partial charge >= 0.3 is 23.9 Å². The number of rotatable bonds is 12. The van der Waals surface area contributed by atoms with Crippen LogP contribution in [0.5, 0.6) is 0 Å². The van der Waals surface area contributed by atoms with Gasteiger partial charge in [-0.05, 0) is 19.8 Å². The van der Waals surface area contributed by atoms with Gasteiger partial charge in [0.1, 0.15) is 0 Å². The Morgan fingerprint density at radius 1 is 0.567 bits per heavy atom. The molecule has 5 unspecified atom stereocenters. The third-order valence-electron chi connectivity index (χ3n) is 3.14. The standard InChI is InChI=1S/C8H18O2.2C4H6O6/c1-8(10)6-4-2-3-5-7-9;2*5-1(3(7)8)2(6)4(9)10/h8-10H,2-7H2,1H3;2*1-2,5-6H,(H,7,8)(H,9,10). The van der Waals surface area contributed by atoms with E-state index in [0.29, 0.717) is 6.61 Å². The minimum Gasteiger partial charge on any atom is -0.479 e. The molecule has 178 valence electrons. The number of hydrogen-bond donors (Lipinski definition) is 10. The van der Waals surface area contributed by atoms with E-state index in [4.69, 9.17) is 51.1 Å². The molecule has 0 bridgehead atoms. The van der Waals surface area contributed by atoms with Crippen LogP contribution in [0.4, 0.5) is 0 Å². The summed E-state index contributed by atoms with van der Waals surface area (Å²) in [5, 5.41) is 82.3. The van der Waals surface area contributed by atoms with Gasteiger partial charge in [-0.2, -0.15) is 0 Å². The van der Waals surface area contributed by atoms with E-state index in [2.05, 4.69) is 0 Å². The summed E-state index contributed by atoms with van der Waals surface area (Å²) in [5.74, 6) is -7.07. The van der Waals surface area contributed by atoms with Gasteiger partial charge in [-0.1, -0.05) is 19.3 Å². The predicted octanol–water partition coefficient (Wildman–Crippen LogP) is -2.94. The zero-order valence-electron chi connectivity index (χ0n) is 16.2. The Bertz CT molecular complexity index is 434. The second-order valence-electron chi connectivity index (χ2n) is 5.91. The average molecular weight is 446 g/mol. The molecule has 10 N–H and O–H groups in total. The van der Waals surface area contributed by atoms with Crippen molar-refractivity contribution in [3.05, 3.63) is 0 Å². The summed E-state index contributed by atoms with van der Waals surface area (Å²) in [6.07, 6.45) is -4.13. The van der Waals surface area contributed by atoms with Crippen molar-refractivity contribution >= 4 is 23.9 Å². The first-order chi connectivity index (χ1) is 13.7. The van der Waals surface area contributed by atoms with Gasteiger partial charge < -0.3 is 51.1 Å². The van der Waals surface area contributed by atoms with Crippen LogP contribution in [0.2, 0.25) is 0 Å². The van der Waals surface area contributed by atoms with Crippen molar-refractivity contribution in [3.63, 3.8) is 0 Å². The van der Waals surface area contributed by atoms with E-state index in [-0.39, 0.29) is 6.10 Å². The van der Waals surface area contributed by atoms with Crippen molar-refractivity contribution in [2.75, 3.05) is 6.61 Å². The summed E-state index contributed by atoms with van der Waals surface area (Å²) in [7, 11) is 0. The molecule has 0 aliphatic carbocycles. The lowest BCUT2D eigenvalue weighted by Gasteiger charge is -2.07. The fourth-order valence-electron chi connectivity index (χ4n) is 1.45. The fraction of sp³-hybridized carbons (Fsp3) is 0.750. The van der Waals surface area contributed by atoms with Gasteiger partial charge in [0.15, 0.2) is 24.4 Å². The third-order valence-corrected chi connectivity index (χ3v) is 3.14. The van der Waals surface area contributed by atoms with Crippen LogP contribution in [-0.4, -0.2) is 112 Å². The van der Waals surface area contributed by atoms with Crippen LogP contribution in [0.1, 0.15) is 39.0 Å². The van der Waals surface area contributed by atoms with Crippen LogP contribution >= 0.6 is 0 Å². The maximum atomic E-state index is 9.77. The molecule has 0 aromatic carbocycles. The Labute approximate surface area is 171 Å². The van der Waals surface area contributed by atoms with Gasteiger partial charge in [0, 0.05) is 6.61 Å². The minimum atomic E-state index is -2.27. The molecule has 0 saturated carbocycles. The number of hydrogen-bond acceptors (Lipinski definition) is 10. The predicted molar refractivity (Wildman–Crippen MR) is 96.4 cm³/mol. The smallest absolute Gasteiger partial charge is 0.335 e. The van der Waals surface area contributed by atoms with Crippen molar-refractivity contribution in [3.8, 4) is 0 Å². The lowest BCUT2D eigenvalue weighted by atomic mass is 10.1. The quantitative estimate of drug-likeness (QED) is 0.134. The second kappa shape index (κ2) is 18.7. The van der Waals surface area contributed by atoms with Crippen molar-refractivity contribution in [2.24, 2.45) is 0 Å². The maximum absolute atomic E-state index is 9.77. The Morgan fingerprint density at radius 3 is 1.03 bits per heavy atom. The minimum absolute atomic E-state index is 0.158. The zero-order valence-corrected chi connectivity index (χ0v) is 16.2. The van der Waals surface area contributed by atoms with Gasteiger partial charge in [-0.3, -0.25) is 0 Å². The summed E-state index contributed by atoms with van der Waals surface area (Å²) in [6, 6.07) is 0. The molecule has 0 heterocycles. The number of aliphatic hydroxyl groups excluding tert-OH is 6. The lowest BCUT2D eigenvalue weighted by molar-refractivity contribution is -0.165. The van der Waals surface area contributed by atoms with Gasteiger partial charge in [-0.15, -0.1) is 0 Å². The summed E-state index contributed by atoms with van der Waals surface area (Å²) in [4.78, 5) is 39.1. The van der Waals surface area contributed by atoms with Crippen LogP contribution in [-0.2, 0) is 19.2 Å². The summed E-state index contributed by atoms with van der Waals surface area (Å²) < 4.78 is 0. The van der Waals surface area contributed by atoms with Gasteiger partial charge in [0.05, 0.1) is 6.10 Å². The molecule has 14 nitrogen and oxygen atoms in total. The van der Waals surface area contributed by atoms with E-state index in [1.807, 2.05) is 6.92 Å². The molecule has 0 spiro atoms. The normalized spacial score (nSPS) is 15.0. The molecule has 0 fully saturated rings. The molecule has 0 amide bonds. The molecule has 0 aromatic rings. The summed E-state index contributed by atoms with van der Waals surface area (Å²) in [6.45, 7) is 2.11. The largest absolute Gasteiger partial charge is 0.479 e. The van der Waals surface area contributed by atoms with Crippen molar-refractivity contribution < 1.29 is 70.2 Å². The molecular formula is C16H30O14. The summed E-state index contributed by atoms with van der Waals surface area (Å²) >= 11 is 0. The SMILES string of the molecule is CC(O)CCCCCCO.O=C(O)C(O)C(O)C(=O)O.O=C(O)C(O)C(O)C(=O)O. The van der Waals surface area contributed by atoms with Crippen molar-refractivity contribution in [2.45, 2.75) is 69.5 Å². The molecule has 0 radical (unpaired) electrons. The molecule has 0 aromatic heterocycles. The average Bonchev–Trinajstić information content (AvgIpc) is 2.65. The first-order valence-electron chi connectivity index (χ1n) is 8.63. The molecule has 14 heteroatoms. The highest BCUT2D eigenvalue weighted by atomic mass is 16.4. The first kappa shape index (κ1) is 32.3. The monoisotopic (exact) mass is 446 g/mol. The van der Waals surface area contributed by atoms with E-state index in [9.17, 15) is 19.2 Å². The molecule has 0 aliphatic rings. The number of carbonyl (C=O) groups is 4. The van der Waals surface area contributed by atoms with Crippen molar-refractivity contribution in [1.82, 2.24) is 0 Å². The fourth-order valence-corrected chi connectivity index (χ4v) is 1.45. The highest BCUT2D eigenvalue weighted by molar-refractivity contribution is 5.83. The maximum Gasteiger partial charge on any atom is 0.335 e. The Hall–Kier alpha value is -2.36. The van der Waals surface area contributed by atoms with Gasteiger partial charge in [0.25, 0.3) is 0 Å². The van der Waals surface area contributed by atoms with E-state index in [0.717, 1.165) is 32.1 Å². The topological polar surface area (TPSA) is 271 Å². The lowest BCUT2D eigenvalue weighted by Crippen LogP contribution is -2.39. The first-order valence-corrected chi connectivity index (χ1v) is 8.63. The number of carboxylic acid groups (broad SMARTS) is 4. The molecular weight excluding hydrogens is 416 g/mol. The number of carboxylic acids is 4. The molecule has 30 heavy (non-hydrogen) atoms. The molecule has 0 saturated heterocycles. The summed E-state index contributed by atoms with van der Waals surface area (Å²) in [5.41, 5.74) is 0. The van der Waals surface area contributed by atoms with Gasteiger partial charge in [-0.25, -0.2) is 19.2 Å². The molecule has 5 atom stereocenters. The van der Waals surface area contributed by atoms with Crippen LogP contribution in [0.15, 0.2) is 0 Å². The number of aliphatic carboxylic acids is 4. The van der Waals surface area contributed by atoms with E-state index >= 15 is 0 Å². The number of unbranched alkanes of at least 4 members (excludes halogenated alkanes) is 3. The van der Waals surface area contributed by atoms with Crippen LogP contribution in [0.25, 0.3) is 0 Å². The highest BCUT2D eigenvalue weighted by Crippen LogP contribution is 2.04. The van der Waals surface area contributed by atoms with Crippen LogP contribution in [0, 0.1) is 0 Å². The zero-order chi connectivity index (χ0) is 24.4. The highest BCUT2D eigenvalue weighted by Gasteiger charge is 2.30. The van der Waals surface area contributed by atoms with Crippen LogP contribution in [0.3, 0.4) is 0 Å². The molecule has 0 aliphatic heterocycles. The third kappa shape index (κ3) is 19.0. The van der Waals surface area contributed by atoms with Crippen molar-refractivity contribution in [1.29, 1.82) is 0 Å².